The average Bonchev–Trinajstić information content (AvgIpc) is 3.17. The van der Waals surface area contributed by atoms with Gasteiger partial charge in [-0.25, -0.2) is 0 Å². The van der Waals surface area contributed by atoms with Crippen molar-refractivity contribution in [2.75, 3.05) is 0 Å². The Kier molecular flexibility index (Phi) is 4.38. The molecule has 0 aromatic carbocycles. The number of hydrogen-bond acceptors (Lipinski definition) is 5. The molecule has 1 aliphatic rings. The Labute approximate surface area is 133 Å². The Morgan fingerprint density at radius 2 is 2.23 bits per heavy atom. The second kappa shape index (κ2) is 6.44. The molecular weight excluding hydrogens is 298 g/mol. The maximum absolute atomic E-state index is 12.3. The Morgan fingerprint density at radius 1 is 1.41 bits per heavy atom. The first kappa shape index (κ1) is 15.0. The van der Waals surface area contributed by atoms with Gasteiger partial charge in [-0.3, -0.25) is 4.79 Å². The third kappa shape index (κ3) is 3.27. The van der Waals surface area contributed by atoms with Crippen LogP contribution in [-0.4, -0.2) is 16.0 Å². The number of nitrogens with zero attached hydrogens (tertiary/aromatic N) is 2. The van der Waals surface area contributed by atoms with Crippen LogP contribution >= 0.6 is 11.3 Å². The summed E-state index contributed by atoms with van der Waals surface area (Å²) in [6.45, 7) is 1.77. The molecule has 1 aliphatic carbocycles. The highest BCUT2D eigenvalue weighted by molar-refractivity contribution is 7.10. The summed E-state index contributed by atoms with van der Waals surface area (Å²) in [6.07, 6.45) is 8.41. The third-order valence-corrected chi connectivity index (χ3v) is 4.80. The number of aryl methyl sites for hydroxylation is 1. The van der Waals surface area contributed by atoms with Crippen LogP contribution < -0.4 is 5.32 Å². The lowest BCUT2D eigenvalue weighted by molar-refractivity contribution is -0.119. The zero-order valence-corrected chi connectivity index (χ0v) is 13.4. The van der Waals surface area contributed by atoms with Crippen molar-refractivity contribution in [2.45, 2.75) is 44.6 Å². The first-order valence-electron chi connectivity index (χ1n) is 7.52. The SMILES string of the molecule is Cc1nc(C2(NC(=O)C=Cc3cccs3)CCCCC2)no1. The van der Waals surface area contributed by atoms with Gasteiger partial charge in [0.2, 0.25) is 11.8 Å². The summed E-state index contributed by atoms with van der Waals surface area (Å²) in [6, 6.07) is 3.94. The van der Waals surface area contributed by atoms with Crippen LogP contribution in [-0.2, 0) is 10.3 Å². The van der Waals surface area contributed by atoms with Crippen LogP contribution in [0.2, 0.25) is 0 Å². The zero-order chi connectivity index (χ0) is 15.4. The summed E-state index contributed by atoms with van der Waals surface area (Å²) in [5.41, 5.74) is -0.493. The van der Waals surface area contributed by atoms with E-state index in [1.165, 1.54) is 6.42 Å². The van der Waals surface area contributed by atoms with E-state index in [0.29, 0.717) is 11.7 Å². The minimum Gasteiger partial charge on any atom is -0.340 e. The first-order chi connectivity index (χ1) is 10.7. The summed E-state index contributed by atoms with van der Waals surface area (Å²) >= 11 is 1.60. The van der Waals surface area contributed by atoms with E-state index < -0.39 is 5.54 Å². The normalized spacial score (nSPS) is 17.7. The van der Waals surface area contributed by atoms with E-state index in [4.69, 9.17) is 4.52 Å². The minimum atomic E-state index is -0.493. The van der Waals surface area contributed by atoms with E-state index in [0.717, 1.165) is 30.6 Å². The van der Waals surface area contributed by atoms with Crippen LogP contribution in [0.25, 0.3) is 6.08 Å². The highest BCUT2D eigenvalue weighted by atomic mass is 32.1. The second-order valence-electron chi connectivity index (χ2n) is 5.62. The smallest absolute Gasteiger partial charge is 0.244 e. The fourth-order valence-electron chi connectivity index (χ4n) is 2.87. The molecule has 6 heteroatoms. The summed E-state index contributed by atoms with van der Waals surface area (Å²) in [5.74, 6) is 1.02. The lowest BCUT2D eigenvalue weighted by Gasteiger charge is -2.34. The van der Waals surface area contributed by atoms with Crippen LogP contribution in [0.5, 0.6) is 0 Å². The molecule has 22 heavy (non-hydrogen) atoms. The topological polar surface area (TPSA) is 68.0 Å². The minimum absolute atomic E-state index is 0.113. The largest absolute Gasteiger partial charge is 0.340 e. The van der Waals surface area contributed by atoms with E-state index in [9.17, 15) is 4.79 Å². The Bertz CT molecular complexity index is 655. The first-order valence-corrected chi connectivity index (χ1v) is 8.40. The molecule has 1 fully saturated rings. The lowest BCUT2D eigenvalue weighted by atomic mass is 9.81. The lowest BCUT2D eigenvalue weighted by Crippen LogP contribution is -2.47. The Morgan fingerprint density at radius 3 is 2.86 bits per heavy atom. The molecule has 0 spiro atoms. The molecule has 2 aromatic heterocycles. The number of hydrogen-bond donors (Lipinski definition) is 1. The molecule has 5 nitrogen and oxygen atoms in total. The van der Waals surface area contributed by atoms with Crippen molar-refractivity contribution in [3.8, 4) is 0 Å². The summed E-state index contributed by atoms with van der Waals surface area (Å²) in [7, 11) is 0. The number of aromatic nitrogens is 2. The fourth-order valence-corrected chi connectivity index (χ4v) is 3.49. The molecule has 1 amide bonds. The molecule has 1 N–H and O–H groups in total. The van der Waals surface area contributed by atoms with Crippen LogP contribution in [0.15, 0.2) is 28.1 Å². The maximum atomic E-state index is 12.3. The molecule has 116 valence electrons. The molecule has 0 unspecified atom stereocenters. The number of amides is 1. The van der Waals surface area contributed by atoms with Crippen molar-refractivity contribution in [2.24, 2.45) is 0 Å². The van der Waals surface area contributed by atoms with E-state index in [1.54, 1.807) is 24.3 Å². The molecule has 0 aliphatic heterocycles. The van der Waals surface area contributed by atoms with Gasteiger partial charge in [-0.15, -0.1) is 11.3 Å². The number of nitrogens with one attached hydrogen (secondary N) is 1. The average molecular weight is 317 g/mol. The summed E-state index contributed by atoms with van der Waals surface area (Å²) in [5, 5.41) is 9.16. The number of carbonyl (C=O) groups excluding carboxylic acids is 1. The third-order valence-electron chi connectivity index (χ3n) is 3.97. The Hall–Kier alpha value is -1.95. The van der Waals surface area contributed by atoms with Crippen molar-refractivity contribution in [1.29, 1.82) is 0 Å². The molecule has 0 saturated heterocycles. The molecule has 1 saturated carbocycles. The van der Waals surface area contributed by atoms with Gasteiger partial charge in [-0.1, -0.05) is 30.5 Å². The van der Waals surface area contributed by atoms with Gasteiger partial charge in [0.25, 0.3) is 0 Å². The van der Waals surface area contributed by atoms with Gasteiger partial charge in [0.15, 0.2) is 5.82 Å². The number of thiophene rings is 1. The number of rotatable bonds is 4. The zero-order valence-electron chi connectivity index (χ0n) is 12.5. The van der Waals surface area contributed by atoms with Crippen molar-refractivity contribution >= 4 is 23.3 Å². The highest BCUT2D eigenvalue weighted by Crippen LogP contribution is 2.35. The van der Waals surface area contributed by atoms with Gasteiger partial charge in [0.1, 0.15) is 5.54 Å². The van der Waals surface area contributed by atoms with Gasteiger partial charge in [0.05, 0.1) is 0 Å². The molecular formula is C16H19N3O2S. The predicted molar refractivity (Wildman–Crippen MR) is 85.3 cm³/mol. The molecule has 0 atom stereocenters. The van der Waals surface area contributed by atoms with Crippen molar-refractivity contribution in [1.82, 2.24) is 15.5 Å². The molecule has 3 rings (SSSR count). The second-order valence-corrected chi connectivity index (χ2v) is 6.60. The van der Waals surface area contributed by atoms with Gasteiger partial charge in [-0.05, 0) is 30.4 Å². The molecule has 2 aromatic rings. The van der Waals surface area contributed by atoms with Gasteiger partial charge >= 0.3 is 0 Å². The van der Waals surface area contributed by atoms with Gasteiger partial charge in [0, 0.05) is 17.9 Å². The van der Waals surface area contributed by atoms with Crippen molar-refractivity contribution in [3.05, 3.63) is 40.2 Å². The van der Waals surface area contributed by atoms with E-state index in [1.807, 2.05) is 23.6 Å². The molecule has 2 heterocycles. The quantitative estimate of drug-likeness (QED) is 0.877. The van der Waals surface area contributed by atoms with Gasteiger partial charge < -0.3 is 9.84 Å². The predicted octanol–water partition coefficient (Wildman–Crippen LogP) is 3.43. The van der Waals surface area contributed by atoms with E-state index in [2.05, 4.69) is 15.5 Å². The standard InChI is InChI=1S/C16H19N3O2S/c1-12-17-15(19-21-12)16(9-3-2-4-10-16)18-14(20)8-7-13-6-5-11-22-13/h5-8,11H,2-4,9-10H2,1H3,(H,18,20). The fraction of sp³-hybridized carbons (Fsp3) is 0.438. The Balaban J connectivity index is 1.77. The van der Waals surface area contributed by atoms with Crippen LogP contribution in [0.3, 0.4) is 0 Å². The maximum Gasteiger partial charge on any atom is 0.244 e. The van der Waals surface area contributed by atoms with E-state index >= 15 is 0 Å². The summed E-state index contributed by atoms with van der Waals surface area (Å²) in [4.78, 5) is 17.7. The highest BCUT2D eigenvalue weighted by Gasteiger charge is 2.39. The van der Waals surface area contributed by atoms with Crippen molar-refractivity contribution < 1.29 is 9.32 Å². The van der Waals surface area contributed by atoms with E-state index in [-0.39, 0.29) is 5.91 Å². The monoisotopic (exact) mass is 317 g/mol. The van der Waals surface area contributed by atoms with Gasteiger partial charge in [-0.2, -0.15) is 4.98 Å². The van der Waals surface area contributed by atoms with Crippen LogP contribution in [0.4, 0.5) is 0 Å². The molecule has 0 radical (unpaired) electrons. The van der Waals surface area contributed by atoms with Crippen LogP contribution in [0, 0.1) is 6.92 Å². The van der Waals surface area contributed by atoms with Crippen molar-refractivity contribution in [3.63, 3.8) is 0 Å². The summed E-state index contributed by atoms with van der Waals surface area (Å²) < 4.78 is 5.11. The van der Waals surface area contributed by atoms with Crippen LogP contribution in [0.1, 0.15) is 48.7 Å². The number of carbonyl (C=O) groups is 1. The molecule has 0 bridgehead atoms.